The summed E-state index contributed by atoms with van der Waals surface area (Å²) in [6, 6.07) is 17.2. The monoisotopic (exact) mass is 306 g/mol. The molecule has 2 aromatic rings. The Morgan fingerprint density at radius 1 is 0.864 bits per heavy atom. The minimum atomic E-state index is -5.31. The van der Waals surface area contributed by atoms with Gasteiger partial charge in [0.1, 0.15) is 5.61 Å². The average molecular weight is 306 g/mol. The lowest BCUT2D eigenvalue weighted by Crippen LogP contribution is -2.39. The van der Waals surface area contributed by atoms with Crippen LogP contribution in [0.25, 0.3) is 0 Å². The molecule has 2 nitrogen and oxygen atoms in total. The summed E-state index contributed by atoms with van der Waals surface area (Å²) in [6.07, 6.45) is -0.0998. The minimum absolute atomic E-state index is 0.0972. The van der Waals surface area contributed by atoms with Crippen molar-refractivity contribution in [1.82, 2.24) is 0 Å². The average Bonchev–Trinajstić information content (AvgIpc) is 2.51. The molecule has 0 atom stereocenters. The molecule has 0 bridgehead atoms. The van der Waals surface area contributed by atoms with Gasteiger partial charge >= 0.3 is 6.98 Å². The molecule has 0 aliphatic carbocycles. The fraction of sp³-hybridized carbons (Fsp3) is 0.188. The molecule has 0 aliphatic rings. The summed E-state index contributed by atoms with van der Waals surface area (Å²) in [5, 5.41) is 11.9. The summed E-state index contributed by atoms with van der Waals surface area (Å²) in [5.74, 6) is 0. The lowest BCUT2D eigenvalue weighted by atomic mass is 9.79. The second kappa shape index (κ2) is 7.16. The summed E-state index contributed by atoms with van der Waals surface area (Å²) in [5.41, 5.74) is 0.330. The first kappa shape index (κ1) is 16.1. The molecule has 0 radical (unpaired) electrons. The fourth-order valence-corrected chi connectivity index (χ4v) is 2.19. The standard InChI is InChI=1S/C16H16BF3NO/c18-17(19,20)16(13-15-9-5-2-6-10-15)21(22)12-11-14-7-3-1-4-8-14/h1-10H,11-13H2/q-1/b21-16+. The lowest BCUT2D eigenvalue weighted by molar-refractivity contribution is -0.456. The molecule has 0 amide bonds. The van der Waals surface area contributed by atoms with Gasteiger partial charge in [-0.1, -0.05) is 60.7 Å². The first-order chi connectivity index (χ1) is 10.5. The molecule has 0 N–H and O–H groups in total. The van der Waals surface area contributed by atoms with Crippen molar-refractivity contribution < 1.29 is 17.7 Å². The Morgan fingerprint density at radius 3 is 1.86 bits per heavy atom. The quantitative estimate of drug-likeness (QED) is 0.262. The van der Waals surface area contributed by atoms with Crippen LogP contribution in [0, 0.1) is 5.21 Å². The van der Waals surface area contributed by atoms with Crippen LogP contribution in [0.3, 0.4) is 0 Å². The van der Waals surface area contributed by atoms with Crippen LogP contribution in [-0.2, 0) is 12.8 Å². The van der Waals surface area contributed by atoms with Crippen molar-refractivity contribution in [3.63, 3.8) is 0 Å². The molecule has 0 saturated carbocycles. The maximum absolute atomic E-state index is 13.2. The summed E-state index contributed by atoms with van der Waals surface area (Å²) < 4.78 is 39.6. The van der Waals surface area contributed by atoms with Gasteiger partial charge in [-0.25, -0.2) is 4.74 Å². The zero-order valence-corrected chi connectivity index (χ0v) is 12.0. The fourth-order valence-electron chi connectivity index (χ4n) is 2.19. The number of rotatable bonds is 6. The normalized spacial score (nSPS) is 12.9. The Hall–Kier alpha value is -2.24. The van der Waals surface area contributed by atoms with Crippen molar-refractivity contribution in [3.8, 4) is 0 Å². The Morgan fingerprint density at radius 2 is 1.36 bits per heavy atom. The second-order valence-corrected chi connectivity index (χ2v) is 5.07. The molecule has 0 fully saturated rings. The predicted molar refractivity (Wildman–Crippen MR) is 82.9 cm³/mol. The molecule has 116 valence electrons. The van der Waals surface area contributed by atoms with Gasteiger partial charge < -0.3 is 18.2 Å². The van der Waals surface area contributed by atoms with Crippen molar-refractivity contribution in [2.24, 2.45) is 0 Å². The van der Waals surface area contributed by atoms with Crippen LogP contribution in [0.5, 0.6) is 0 Å². The summed E-state index contributed by atoms with van der Waals surface area (Å²) in [4.78, 5) is 0. The van der Waals surface area contributed by atoms with Crippen molar-refractivity contribution >= 4 is 12.6 Å². The van der Waals surface area contributed by atoms with E-state index < -0.39 is 12.6 Å². The van der Waals surface area contributed by atoms with E-state index in [0.29, 0.717) is 5.56 Å². The number of benzene rings is 2. The van der Waals surface area contributed by atoms with Gasteiger partial charge in [0.05, 0.1) is 0 Å². The number of halogens is 3. The van der Waals surface area contributed by atoms with Crippen LogP contribution < -0.4 is 0 Å². The van der Waals surface area contributed by atoms with Crippen LogP contribution in [0.1, 0.15) is 11.1 Å². The largest absolute Gasteiger partial charge is 0.626 e. The van der Waals surface area contributed by atoms with Crippen molar-refractivity contribution in [1.29, 1.82) is 0 Å². The molecule has 0 aromatic heterocycles. The zero-order valence-electron chi connectivity index (χ0n) is 12.0. The number of nitrogens with zero attached hydrogens (tertiary/aromatic N) is 1. The van der Waals surface area contributed by atoms with Gasteiger partial charge in [-0.05, 0) is 11.1 Å². The van der Waals surface area contributed by atoms with Crippen LogP contribution in [-0.4, -0.2) is 23.9 Å². The molecule has 0 unspecified atom stereocenters. The van der Waals surface area contributed by atoms with E-state index in [1.54, 1.807) is 54.6 Å². The Kier molecular flexibility index (Phi) is 5.25. The van der Waals surface area contributed by atoms with E-state index in [4.69, 9.17) is 0 Å². The maximum atomic E-state index is 13.2. The minimum Gasteiger partial charge on any atom is -0.626 e. The molecule has 2 aromatic carbocycles. The van der Waals surface area contributed by atoms with Crippen LogP contribution in [0.4, 0.5) is 12.9 Å². The van der Waals surface area contributed by atoms with Gasteiger partial charge in [0.15, 0.2) is 6.54 Å². The van der Waals surface area contributed by atoms with E-state index in [1.807, 2.05) is 6.07 Å². The Bertz CT molecular complexity index is 627. The first-order valence-electron chi connectivity index (χ1n) is 7.05. The van der Waals surface area contributed by atoms with E-state index in [2.05, 4.69) is 0 Å². The highest BCUT2D eigenvalue weighted by Gasteiger charge is 2.37. The highest BCUT2D eigenvalue weighted by molar-refractivity contribution is 6.91. The predicted octanol–water partition coefficient (Wildman–Crippen LogP) is 3.81. The van der Waals surface area contributed by atoms with Crippen molar-refractivity contribution in [3.05, 3.63) is 77.0 Å². The number of hydrogen-bond donors (Lipinski definition) is 0. The molecule has 6 heteroatoms. The molecule has 2 rings (SSSR count). The van der Waals surface area contributed by atoms with E-state index in [-0.39, 0.29) is 24.1 Å². The molecular weight excluding hydrogens is 290 g/mol. The SMILES string of the molecule is [O-]/[N+](CCc1ccccc1)=C(\Cc1ccccc1)[B-](F)(F)F. The third kappa shape index (κ3) is 4.65. The summed E-state index contributed by atoms with van der Waals surface area (Å²) in [7, 11) is 0. The van der Waals surface area contributed by atoms with Gasteiger partial charge in [-0.3, -0.25) is 0 Å². The van der Waals surface area contributed by atoms with Gasteiger partial charge in [0.2, 0.25) is 0 Å². The van der Waals surface area contributed by atoms with Crippen LogP contribution >= 0.6 is 0 Å². The van der Waals surface area contributed by atoms with Gasteiger partial charge in [0.25, 0.3) is 0 Å². The molecule has 0 heterocycles. The molecule has 0 aliphatic heterocycles. The van der Waals surface area contributed by atoms with E-state index >= 15 is 0 Å². The van der Waals surface area contributed by atoms with E-state index in [1.165, 1.54) is 0 Å². The molecule has 0 spiro atoms. The smallest absolute Gasteiger partial charge is 0.569 e. The lowest BCUT2D eigenvalue weighted by Gasteiger charge is -2.19. The highest BCUT2D eigenvalue weighted by Crippen LogP contribution is 2.15. The highest BCUT2D eigenvalue weighted by atomic mass is 19.4. The van der Waals surface area contributed by atoms with E-state index in [0.717, 1.165) is 5.56 Å². The molecule has 0 saturated heterocycles. The Labute approximate surface area is 127 Å². The van der Waals surface area contributed by atoms with Gasteiger partial charge in [-0.2, -0.15) is 0 Å². The summed E-state index contributed by atoms with van der Waals surface area (Å²) >= 11 is 0. The second-order valence-electron chi connectivity index (χ2n) is 5.07. The number of hydroxylamine groups is 1. The van der Waals surface area contributed by atoms with Crippen LogP contribution in [0.2, 0.25) is 0 Å². The summed E-state index contributed by atoms with van der Waals surface area (Å²) in [6.45, 7) is -5.51. The topological polar surface area (TPSA) is 26.1 Å². The van der Waals surface area contributed by atoms with E-state index in [9.17, 15) is 18.2 Å². The van der Waals surface area contributed by atoms with Gasteiger partial charge in [0, 0.05) is 12.8 Å². The number of hydrogen-bond acceptors (Lipinski definition) is 1. The first-order valence-corrected chi connectivity index (χ1v) is 7.05. The molecule has 22 heavy (non-hydrogen) atoms. The Balaban J connectivity index is 2.16. The van der Waals surface area contributed by atoms with Gasteiger partial charge in [-0.15, -0.1) is 0 Å². The van der Waals surface area contributed by atoms with Crippen molar-refractivity contribution in [2.75, 3.05) is 6.54 Å². The van der Waals surface area contributed by atoms with Crippen molar-refractivity contribution in [2.45, 2.75) is 12.8 Å². The third-order valence-corrected chi connectivity index (χ3v) is 3.37. The molecular formula is C16H16BF3NO-. The maximum Gasteiger partial charge on any atom is 0.569 e. The third-order valence-electron chi connectivity index (χ3n) is 3.37. The van der Waals surface area contributed by atoms with Crippen LogP contribution in [0.15, 0.2) is 60.7 Å². The zero-order chi connectivity index (χ0) is 16.0.